The van der Waals surface area contributed by atoms with Gasteiger partial charge in [0.15, 0.2) is 0 Å². The highest BCUT2D eigenvalue weighted by atomic mass is 16.3. The summed E-state index contributed by atoms with van der Waals surface area (Å²) in [6, 6.07) is 7.11. The third kappa shape index (κ3) is 3.85. The molecule has 1 aromatic rings. The number of aliphatic hydroxyl groups excluding tert-OH is 1. The van der Waals surface area contributed by atoms with Crippen molar-refractivity contribution in [1.82, 2.24) is 10.6 Å². The second-order valence-electron chi connectivity index (χ2n) is 6.25. The van der Waals surface area contributed by atoms with Gasteiger partial charge in [0.1, 0.15) is 0 Å². The number of amides is 2. The molecule has 3 N–H and O–H groups in total. The Labute approximate surface area is 130 Å². The summed E-state index contributed by atoms with van der Waals surface area (Å²) >= 11 is 0. The van der Waals surface area contributed by atoms with E-state index in [4.69, 9.17) is 5.11 Å². The maximum absolute atomic E-state index is 12.2. The number of nitrogens with one attached hydrogen (secondary N) is 2. The average molecular weight is 302 g/mol. The molecule has 0 spiro atoms. The Morgan fingerprint density at radius 3 is 2.14 bits per heavy atom. The molecule has 2 amide bonds. The molecule has 0 saturated heterocycles. The quantitative estimate of drug-likeness (QED) is 0.713. The molecule has 0 aromatic heterocycles. The Kier molecular flexibility index (Phi) is 4.43. The van der Waals surface area contributed by atoms with Crippen LogP contribution in [0.15, 0.2) is 24.3 Å². The molecule has 2 fully saturated rings. The van der Waals surface area contributed by atoms with Crippen molar-refractivity contribution in [1.29, 1.82) is 0 Å². The second kappa shape index (κ2) is 6.48. The highest BCUT2D eigenvalue weighted by Gasteiger charge is 2.32. The molecule has 0 heterocycles. The SMILES string of the molecule is O=C(NC1CC1)c1ccc(C(=O)NC(CCO)C2CC2)cc1. The zero-order chi connectivity index (χ0) is 15.5. The minimum absolute atomic E-state index is 0.0512. The van der Waals surface area contributed by atoms with Crippen LogP contribution in [0.5, 0.6) is 0 Å². The number of benzene rings is 1. The van der Waals surface area contributed by atoms with E-state index in [0.29, 0.717) is 29.5 Å². The zero-order valence-corrected chi connectivity index (χ0v) is 12.5. The monoisotopic (exact) mass is 302 g/mol. The van der Waals surface area contributed by atoms with Crippen LogP contribution < -0.4 is 10.6 Å². The lowest BCUT2D eigenvalue weighted by atomic mass is 10.1. The summed E-state index contributed by atoms with van der Waals surface area (Å²) in [6.07, 6.45) is 4.94. The van der Waals surface area contributed by atoms with Crippen molar-refractivity contribution in [2.24, 2.45) is 5.92 Å². The van der Waals surface area contributed by atoms with E-state index in [-0.39, 0.29) is 24.5 Å². The normalized spacial score (nSPS) is 18.6. The summed E-state index contributed by atoms with van der Waals surface area (Å²) in [5.74, 6) is 0.282. The topological polar surface area (TPSA) is 78.4 Å². The summed E-state index contributed by atoms with van der Waals surface area (Å²) in [5.41, 5.74) is 1.13. The zero-order valence-electron chi connectivity index (χ0n) is 12.5. The smallest absolute Gasteiger partial charge is 0.251 e. The number of aliphatic hydroxyl groups is 1. The molecule has 2 aliphatic rings. The lowest BCUT2D eigenvalue weighted by molar-refractivity contribution is 0.0919. The first-order valence-electron chi connectivity index (χ1n) is 8.00. The minimum Gasteiger partial charge on any atom is -0.396 e. The van der Waals surface area contributed by atoms with E-state index < -0.39 is 0 Å². The minimum atomic E-state index is -0.139. The predicted octanol–water partition coefficient (Wildman–Crippen LogP) is 1.47. The molecule has 0 aliphatic heterocycles. The molecule has 0 bridgehead atoms. The van der Waals surface area contributed by atoms with Crippen LogP contribution in [0, 0.1) is 5.92 Å². The molecule has 2 saturated carbocycles. The highest BCUT2D eigenvalue weighted by molar-refractivity contribution is 5.98. The molecule has 118 valence electrons. The van der Waals surface area contributed by atoms with Crippen LogP contribution in [-0.4, -0.2) is 35.6 Å². The fourth-order valence-electron chi connectivity index (χ4n) is 2.58. The van der Waals surface area contributed by atoms with Crippen LogP contribution in [0.25, 0.3) is 0 Å². The van der Waals surface area contributed by atoms with Crippen molar-refractivity contribution in [3.63, 3.8) is 0 Å². The van der Waals surface area contributed by atoms with Crippen molar-refractivity contribution < 1.29 is 14.7 Å². The Morgan fingerprint density at radius 1 is 1.05 bits per heavy atom. The maximum atomic E-state index is 12.2. The van der Waals surface area contributed by atoms with Crippen molar-refractivity contribution >= 4 is 11.8 Å². The third-order valence-electron chi connectivity index (χ3n) is 4.27. The number of hydrogen-bond acceptors (Lipinski definition) is 3. The number of carbonyl (C=O) groups is 2. The molecule has 5 heteroatoms. The molecular formula is C17H22N2O3. The Morgan fingerprint density at radius 2 is 1.64 bits per heavy atom. The van der Waals surface area contributed by atoms with Gasteiger partial charge in [-0.3, -0.25) is 9.59 Å². The van der Waals surface area contributed by atoms with Crippen molar-refractivity contribution in [3.05, 3.63) is 35.4 Å². The Balaban J connectivity index is 1.58. The van der Waals surface area contributed by atoms with Crippen LogP contribution >= 0.6 is 0 Å². The van der Waals surface area contributed by atoms with Crippen LogP contribution in [0.4, 0.5) is 0 Å². The van der Waals surface area contributed by atoms with Crippen LogP contribution in [0.2, 0.25) is 0 Å². The van der Waals surface area contributed by atoms with E-state index in [9.17, 15) is 9.59 Å². The van der Waals surface area contributed by atoms with E-state index >= 15 is 0 Å². The first kappa shape index (κ1) is 15.0. The molecule has 2 aliphatic carbocycles. The summed E-state index contributed by atoms with van der Waals surface area (Å²) < 4.78 is 0. The number of hydrogen-bond donors (Lipinski definition) is 3. The van der Waals surface area contributed by atoms with Gasteiger partial charge in [0.05, 0.1) is 0 Å². The standard InChI is InChI=1S/C17H22N2O3/c20-10-9-15(11-1-2-11)19-17(22)13-5-3-12(4-6-13)16(21)18-14-7-8-14/h3-6,11,14-15,20H,1-2,7-10H2,(H,18,21)(H,19,22). The van der Waals surface area contributed by atoms with E-state index in [0.717, 1.165) is 25.7 Å². The van der Waals surface area contributed by atoms with Gasteiger partial charge < -0.3 is 15.7 Å². The van der Waals surface area contributed by atoms with Crippen LogP contribution in [0.3, 0.4) is 0 Å². The summed E-state index contributed by atoms with van der Waals surface area (Å²) in [5, 5.41) is 15.0. The van der Waals surface area contributed by atoms with Gasteiger partial charge in [0.2, 0.25) is 0 Å². The molecule has 5 nitrogen and oxygen atoms in total. The van der Waals surface area contributed by atoms with Crippen LogP contribution in [0.1, 0.15) is 52.8 Å². The summed E-state index contributed by atoms with van der Waals surface area (Å²) in [6.45, 7) is 0.0850. The summed E-state index contributed by atoms with van der Waals surface area (Å²) in [7, 11) is 0. The van der Waals surface area contributed by atoms with Crippen molar-refractivity contribution in [2.75, 3.05) is 6.61 Å². The van der Waals surface area contributed by atoms with Gasteiger partial charge >= 0.3 is 0 Å². The van der Waals surface area contributed by atoms with E-state index in [1.165, 1.54) is 0 Å². The van der Waals surface area contributed by atoms with Gasteiger partial charge in [-0.05, 0) is 62.3 Å². The van der Waals surface area contributed by atoms with E-state index in [2.05, 4.69) is 10.6 Å². The van der Waals surface area contributed by atoms with Crippen molar-refractivity contribution in [3.8, 4) is 0 Å². The molecule has 1 aromatic carbocycles. The Hall–Kier alpha value is -1.88. The average Bonchev–Trinajstić information content (AvgIpc) is 3.40. The van der Waals surface area contributed by atoms with Crippen LogP contribution in [-0.2, 0) is 0 Å². The lowest BCUT2D eigenvalue weighted by Crippen LogP contribution is -2.37. The molecule has 0 radical (unpaired) electrons. The first-order chi connectivity index (χ1) is 10.7. The van der Waals surface area contributed by atoms with E-state index in [1.54, 1.807) is 24.3 Å². The third-order valence-corrected chi connectivity index (χ3v) is 4.27. The first-order valence-corrected chi connectivity index (χ1v) is 8.00. The predicted molar refractivity (Wildman–Crippen MR) is 82.6 cm³/mol. The van der Waals surface area contributed by atoms with E-state index in [1.807, 2.05) is 0 Å². The molecular weight excluding hydrogens is 280 g/mol. The molecule has 1 unspecified atom stereocenters. The fourth-order valence-corrected chi connectivity index (χ4v) is 2.58. The summed E-state index contributed by atoms with van der Waals surface area (Å²) in [4.78, 5) is 24.1. The van der Waals surface area contributed by atoms with Gasteiger partial charge in [0, 0.05) is 29.8 Å². The molecule has 22 heavy (non-hydrogen) atoms. The van der Waals surface area contributed by atoms with Gasteiger partial charge in [0.25, 0.3) is 11.8 Å². The Bertz CT molecular complexity index is 548. The number of carbonyl (C=O) groups excluding carboxylic acids is 2. The van der Waals surface area contributed by atoms with Crippen molar-refractivity contribution in [2.45, 2.75) is 44.2 Å². The van der Waals surface area contributed by atoms with Gasteiger partial charge in [-0.2, -0.15) is 0 Å². The van der Waals surface area contributed by atoms with Gasteiger partial charge in [-0.25, -0.2) is 0 Å². The maximum Gasteiger partial charge on any atom is 0.251 e. The fraction of sp³-hybridized carbons (Fsp3) is 0.529. The van der Waals surface area contributed by atoms with Gasteiger partial charge in [-0.15, -0.1) is 0 Å². The second-order valence-corrected chi connectivity index (χ2v) is 6.25. The van der Waals surface area contributed by atoms with Gasteiger partial charge in [-0.1, -0.05) is 0 Å². The largest absolute Gasteiger partial charge is 0.396 e. The lowest BCUT2D eigenvalue weighted by Gasteiger charge is -2.17. The molecule has 3 rings (SSSR count). The highest BCUT2D eigenvalue weighted by Crippen LogP contribution is 2.34. The number of rotatable bonds is 7. The molecule has 1 atom stereocenters.